The predicted octanol–water partition coefficient (Wildman–Crippen LogP) is 5.94. The van der Waals surface area contributed by atoms with Gasteiger partial charge in [-0.2, -0.15) is 62.2 Å². The van der Waals surface area contributed by atoms with Crippen LogP contribution in [0.1, 0.15) is 0 Å². The number of hydrogen-bond acceptors (Lipinski definition) is 27. The summed E-state index contributed by atoms with van der Waals surface area (Å²) in [6.07, 6.45) is 0. The van der Waals surface area contributed by atoms with Crippen molar-refractivity contribution in [2.45, 2.75) is 24.5 Å². The summed E-state index contributed by atoms with van der Waals surface area (Å²) in [6.45, 7) is 0. The second kappa shape index (κ2) is 23.6. The van der Waals surface area contributed by atoms with Crippen LogP contribution in [0.2, 0.25) is 5.28 Å². The highest BCUT2D eigenvalue weighted by Crippen LogP contribution is 2.46. The number of nitrogens with one attached hydrogen (secondary N) is 2. The third-order valence-corrected chi connectivity index (χ3v) is 17.4. The highest BCUT2D eigenvalue weighted by Gasteiger charge is 2.30. The lowest BCUT2D eigenvalue weighted by molar-refractivity contribution is -0.113. The van der Waals surface area contributed by atoms with E-state index in [9.17, 15) is 87.9 Å². The Morgan fingerprint density at radius 1 is 0.671 bits per heavy atom. The van der Waals surface area contributed by atoms with Gasteiger partial charge < -0.3 is 25.7 Å². The number of rotatable bonds is 21. The quantitative estimate of drug-likeness (QED) is 0.0228. The lowest BCUT2D eigenvalue weighted by atomic mass is 10.1. The smallest absolute Gasteiger partial charge is 0.398 e. The molecular weight excluding hydrogens is 1280 g/mol. The van der Waals surface area contributed by atoms with Gasteiger partial charge in [0.05, 0.1) is 16.3 Å². The fourth-order valence-electron chi connectivity index (χ4n) is 7.09. The molecule has 33 nitrogen and oxygen atoms in total. The summed E-state index contributed by atoms with van der Waals surface area (Å²) in [6, 6.07) is 13.0. The van der Waals surface area contributed by atoms with E-state index >= 15 is 0 Å². The highest BCUT2D eigenvalue weighted by molar-refractivity contribution is 7.92. The molecule has 1 aromatic heterocycles. The first-order chi connectivity index (χ1) is 37.9. The average molecular weight is 1320 g/mol. The zero-order valence-corrected chi connectivity index (χ0v) is 47.3. The van der Waals surface area contributed by atoms with Crippen molar-refractivity contribution in [2.24, 2.45) is 20.5 Å². The van der Waals surface area contributed by atoms with Gasteiger partial charge in [-0.05, 0) is 102 Å². The van der Waals surface area contributed by atoms with Crippen LogP contribution in [0.4, 0.5) is 51.7 Å². The van der Waals surface area contributed by atoms with Gasteiger partial charge in [-0.3, -0.25) is 31.7 Å². The van der Waals surface area contributed by atoms with E-state index in [0.717, 1.165) is 60.7 Å². The van der Waals surface area contributed by atoms with Crippen LogP contribution in [0.5, 0.6) is 11.5 Å². The first kappa shape index (κ1) is 62.5. The Morgan fingerprint density at radius 3 is 1.87 bits per heavy atom. The number of anilines is 5. The summed E-state index contributed by atoms with van der Waals surface area (Å²) in [5, 5.41) is 40.1. The van der Waals surface area contributed by atoms with E-state index in [1.165, 1.54) is 30.1 Å². The monoisotopic (exact) mass is 1310 g/mol. The van der Waals surface area contributed by atoms with Crippen molar-refractivity contribution < 1.29 is 101 Å². The van der Waals surface area contributed by atoms with Crippen LogP contribution in [0.3, 0.4) is 0 Å². The minimum atomic E-state index is -5.59. The van der Waals surface area contributed by atoms with Crippen molar-refractivity contribution in [1.29, 1.82) is 0 Å². The Kier molecular flexibility index (Phi) is 18.0. The molecule has 0 fully saturated rings. The largest absolute Gasteiger partial charge is 0.505 e. The summed E-state index contributed by atoms with van der Waals surface area (Å²) in [5.41, 5.74) is -3.65. The Bertz CT molecular complexity index is 4600. The zero-order valence-electron chi connectivity index (χ0n) is 40.1. The van der Waals surface area contributed by atoms with Crippen LogP contribution >= 0.6 is 23.2 Å². The van der Waals surface area contributed by atoms with Crippen molar-refractivity contribution in [3.05, 3.63) is 90.2 Å². The van der Waals surface area contributed by atoms with Gasteiger partial charge in [-0.15, -0.1) is 15.3 Å². The molecule has 0 aliphatic rings. The minimum Gasteiger partial charge on any atom is -0.505 e. The summed E-state index contributed by atoms with van der Waals surface area (Å²) in [4.78, 5) is 21.0. The van der Waals surface area contributed by atoms with Gasteiger partial charge in [0, 0.05) is 34.6 Å². The molecule has 436 valence electrons. The van der Waals surface area contributed by atoms with Crippen molar-refractivity contribution >= 4 is 174 Å². The molecule has 0 bridgehead atoms. The number of nitrogens with zero attached hydrogens (tertiary/aromatic N) is 8. The minimum absolute atomic E-state index is 0.0427. The molecule has 0 aliphatic carbocycles. The van der Waals surface area contributed by atoms with E-state index in [2.05, 4.69) is 49.1 Å². The van der Waals surface area contributed by atoms with Crippen molar-refractivity contribution in [3.8, 4) is 11.5 Å². The molecule has 1 amide bonds. The number of aromatic nitrogens is 3. The maximum Gasteiger partial charge on any atom is 0.398 e. The highest BCUT2D eigenvalue weighted by atomic mass is 35.5. The second-order valence-electron chi connectivity index (χ2n) is 16.0. The fraction of sp³-hybridized carbons (Fsp3) is 0.100. The van der Waals surface area contributed by atoms with Crippen LogP contribution in [0.15, 0.2) is 130 Å². The molecule has 0 saturated carbocycles. The third-order valence-electron chi connectivity index (χ3n) is 10.6. The SMILES string of the molecule is CN(c1ccc2c(O)c(N=Nc3ccc(S(=O)(=O)COS(=O)(=O)O)cc3)c(S(=O)(=O)O)cc2c1)c1nc(Cl)nc(Nc2ccc(S(=O)(=O)O)c(N=Nc3c(S(=O)(=O)O)cc4c(S(=O)(=O)O)c(NC(=O)CS(=O)OCCl)ccc4c3O)c2)n1. The second-order valence-corrected chi connectivity index (χ2v) is 26.2. The molecule has 0 radical (unpaired) electrons. The maximum atomic E-state index is 12.7. The van der Waals surface area contributed by atoms with Gasteiger partial charge in [0.15, 0.2) is 28.5 Å². The van der Waals surface area contributed by atoms with Crippen LogP contribution < -0.4 is 15.5 Å². The standard InChI is InChI=1S/C40H32Cl2N10O23S7/c1-52(22-5-8-24-19(12-22)13-30(79(62,63)64)33(35(24)54)50-48-20-2-6-23(7-3-20)77(57,58)18-75-82(71,72)73)40-46-38(42)45-39(47-40)43-21-4-11-29(78(59,60)61)28(14-21)49-51-34-31(80(65,66)67)15-26-25(36(34)55)9-10-27(37(26)81(68,69)70)44-32(53)16-76(56)74-17-41/h2-15,54-55H,16-18H2,1H3,(H,44,53)(H,59,60,61)(H,62,63,64)(H,65,66,67)(H,68,69,70)(H,71,72,73)(H,43,45,46,47). The Labute approximate surface area is 473 Å². The molecule has 1 unspecified atom stereocenters. The topological polar surface area (TPSA) is 514 Å². The van der Waals surface area contributed by atoms with E-state index in [-0.39, 0.29) is 33.8 Å². The van der Waals surface area contributed by atoms with E-state index in [0.29, 0.717) is 6.07 Å². The normalized spacial score (nSPS) is 13.3. The van der Waals surface area contributed by atoms with Gasteiger partial charge in [0.2, 0.25) is 32.9 Å². The Hall–Kier alpha value is -7.13. The molecule has 7 aromatic rings. The van der Waals surface area contributed by atoms with Gasteiger partial charge in [0.1, 0.15) is 48.5 Å². The van der Waals surface area contributed by atoms with Gasteiger partial charge in [-0.1, -0.05) is 11.6 Å². The zero-order chi connectivity index (χ0) is 60.7. The number of hydrogen-bond donors (Lipinski definition) is 9. The number of phenols is 2. The maximum absolute atomic E-state index is 12.7. The number of aromatic hydroxyl groups is 2. The molecule has 1 heterocycles. The van der Waals surface area contributed by atoms with Gasteiger partial charge in [0.25, 0.3) is 40.5 Å². The van der Waals surface area contributed by atoms with Crippen LogP contribution in [0.25, 0.3) is 21.5 Å². The Morgan fingerprint density at radius 2 is 1.27 bits per heavy atom. The van der Waals surface area contributed by atoms with E-state index < -0.39 is 176 Å². The molecule has 1 atom stereocenters. The first-order valence-corrected chi connectivity index (χ1v) is 32.1. The van der Waals surface area contributed by atoms with E-state index in [1.807, 2.05) is 5.32 Å². The first-order valence-electron chi connectivity index (χ1n) is 21.2. The number of halogens is 2. The molecule has 9 N–H and O–H groups in total. The third kappa shape index (κ3) is 14.7. The molecular formula is C40H32Cl2N10O23S7. The lowest BCUT2D eigenvalue weighted by Crippen LogP contribution is -2.21. The molecule has 82 heavy (non-hydrogen) atoms. The number of carbonyl (C=O) groups is 1. The van der Waals surface area contributed by atoms with Gasteiger partial charge >= 0.3 is 10.4 Å². The van der Waals surface area contributed by atoms with Crippen molar-refractivity contribution in [2.75, 3.05) is 40.3 Å². The average Bonchev–Trinajstić information content (AvgIpc) is 1.39. The van der Waals surface area contributed by atoms with Crippen LogP contribution in [0, 0.1) is 0 Å². The lowest BCUT2D eigenvalue weighted by Gasteiger charge is -2.19. The van der Waals surface area contributed by atoms with E-state index in [1.54, 1.807) is 0 Å². The van der Waals surface area contributed by atoms with Crippen molar-refractivity contribution in [3.63, 3.8) is 0 Å². The number of amides is 1. The number of phenolic OH excluding ortho intramolecular Hbond substituents is 2. The summed E-state index contributed by atoms with van der Waals surface area (Å²) < 4.78 is 217. The molecule has 42 heteroatoms. The summed E-state index contributed by atoms with van der Waals surface area (Å²) >= 11 is 9.26. The molecule has 0 aliphatic heterocycles. The molecule has 7 rings (SSSR count). The van der Waals surface area contributed by atoms with Gasteiger partial charge in [-0.25, -0.2) is 16.8 Å². The number of alkyl halides is 1. The molecule has 6 aromatic carbocycles. The van der Waals surface area contributed by atoms with Crippen LogP contribution in [-0.2, 0) is 84.9 Å². The van der Waals surface area contributed by atoms with Crippen molar-refractivity contribution in [1.82, 2.24) is 15.0 Å². The number of benzene rings is 6. The molecule has 0 saturated heterocycles. The van der Waals surface area contributed by atoms with Crippen LogP contribution in [-0.4, -0.2) is 133 Å². The summed E-state index contributed by atoms with van der Waals surface area (Å²) in [7, 11) is -29.6. The Balaban J connectivity index is 1.20. The number of azo groups is 2. The number of fused-ring (bicyclic) bond motifs is 2. The number of carbonyl (C=O) groups excluding carboxylic acids is 1. The fourth-order valence-corrected chi connectivity index (χ4v) is 12.5. The van der Waals surface area contributed by atoms with E-state index in [4.69, 9.17) is 27.8 Å². The summed E-state index contributed by atoms with van der Waals surface area (Å²) in [5.74, 6) is -6.24. The number of sulfone groups is 1. The molecule has 0 spiro atoms. The predicted molar refractivity (Wildman–Crippen MR) is 286 cm³/mol.